The van der Waals surface area contributed by atoms with Crippen molar-refractivity contribution in [3.05, 3.63) is 58.6 Å². The monoisotopic (exact) mass is 355 g/mol. The number of rotatable bonds is 4. The van der Waals surface area contributed by atoms with E-state index in [1.54, 1.807) is 0 Å². The number of halogens is 1. The first kappa shape index (κ1) is 17.8. The Morgan fingerprint density at radius 2 is 1.68 bits per heavy atom. The van der Waals surface area contributed by atoms with Crippen LogP contribution in [-0.2, 0) is 0 Å². The van der Waals surface area contributed by atoms with Crippen LogP contribution in [0.1, 0.15) is 43.7 Å². The van der Waals surface area contributed by atoms with E-state index >= 15 is 0 Å². The minimum atomic E-state index is 0.750. The van der Waals surface area contributed by atoms with Gasteiger partial charge >= 0.3 is 0 Å². The summed E-state index contributed by atoms with van der Waals surface area (Å²) in [5, 5.41) is 5.24. The Kier molecular flexibility index (Phi) is 5.98. The summed E-state index contributed by atoms with van der Waals surface area (Å²) >= 11 is 6.16. The molecule has 0 saturated carbocycles. The topological polar surface area (TPSA) is 27.6 Å². The molecule has 1 aliphatic heterocycles. The molecule has 0 unspecified atom stereocenters. The number of nitrogens with zero attached hydrogens (tertiary/aromatic N) is 2. The van der Waals surface area contributed by atoms with E-state index in [1.165, 1.54) is 44.5 Å². The van der Waals surface area contributed by atoms with E-state index in [4.69, 9.17) is 11.6 Å². The maximum Gasteiger partial charge on any atom is 0.0648 e. The highest BCUT2D eigenvalue weighted by molar-refractivity contribution is 6.31. The fourth-order valence-corrected chi connectivity index (χ4v) is 3.30. The molecule has 2 aromatic carbocycles. The Morgan fingerprint density at radius 3 is 2.32 bits per heavy atom. The first-order chi connectivity index (χ1) is 12.1. The summed E-state index contributed by atoms with van der Waals surface area (Å²) in [6.07, 6.45) is 5.31. The van der Waals surface area contributed by atoms with Crippen molar-refractivity contribution in [2.45, 2.75) is 39.5 Å². The van der Waals surface area contributed by atoms with Gasteiger partial charge < -0.3 is 4.90 Å². The van der Waals surface area contributed by atoms with E-state index in [1.807, 2.05) is 32.0 Å². The summed E-state index contributed by atoms with van der Waals surface area (Å²) in [7, 11) is 0. The predicted octanol–water partition coefficient (Wildman–Crippen LogP) is 5.86. The van der Waals surface area contributed by atoms with Crippen molar-refractivity contribution in [1.29, 1.82) is 0 Å². The number of hydrazone groups is 1. The molecule has 1 aliphatic rings. The molecule has 1 fully saturated rings. The summed E-state index contributed by atoms with van der Waals surface area (Å²) in [5.74, 6) is 0. The average Bonchev–Trinajstić information content (AvgIpc) is 2.92. The molecule has 0 atom stereocenters. The van der Waals surface area contributed by atoms with Crippen LogP contribution in [0.3, 0.4) is 0 Å². The largest absolute Gasteiger partial charge is 0.372 e. The van der Waals surface area contributed by atoms with Crippen molar-refractivity contribution >= 4 is 28.7 Å². The van der Waals surface area contributed by atoms with Gasteiger partial charge in [-0.25, -0.2) is 0 Å². The maximum atomic E-state index is 6.16. The van der Waals surface area contributed by atoms with E-state index in [0.29, 0.717) is 0 Å². The molecule has 0 aromatic heterocycles. The first-order valence-corrected chi connectivity index (χ1v) is 9.43. The Hall–Kier alpha value is -2.00. The quantitative estimate of drug-likeness (QED) is 0.549. The Bertz CT molecular complexity index is 729. The minimum absolute atomic E-state index is 0.750. The molecule has 0 spiro atoms. The van der Waals surface area contributed by atoms with Gasteiger partial charge in [0.15, 0.2) is 0 Å². The number of anilines is 2. The van der Waals surface area contributed by atoms with Gasteiger partial charge in [-0.2, -0.15) is 5.10 Å². The summed E-state index contributed by atoms with van der Waals surface area (Å²) in [6, 6.07) is 14.6. The zero-order valence-electron chi connectivity index (χ0n) is 15.1. The maximum absolute atomic E-state index is 6.16. The molecule has 1 saturated heterocycles. The predicted molar refractivity (Wildman–Crippen MR) is 109 cm³/mol. The zero-order chi connectivity index (χ0) is 17.6. The van der Waals surface area contributed by atoms with Crippen molar-refractivity contribution < 1.29 is 0 Å². The number of aryl methyl sites for hydroxylation is 1. The lowest BCUT2D eigenvalue weighted by atomic mass is 10.1. The molecule has 2 aromatic rings. The highest BCUT2D eigenvalue weighted by Crippen LogP contribution is 2.21. The molecule has 132 valence electrons. The van der Waals surface area contributed by atoms with Crippen molar-refractivity contribution in [3.8, 4) is 0 Å². The van der Waals surface area contributed by atoms with E-state index in [9.17, 15) is 0 Å². The van der Waals surface area contributed by atoms with Gasteiger partial charge in [-0.1, -0.05) is 42.6 Å². The van der Waals surface area contributed by atoms with Gasteiger partial charge in [0, 0.05) is 23.8 Å². The van der Waals surface area contributed by atoms with Crippen molar-refractivity contribution in [1.82, 2.24) is 0 Å². The number of hydrogen-bond donors (Lipinski definition) is 1. The third-order valence-corrected chi connectivity index (χ3v) is 5.19. The molecule has 4 heteroatoms. The molecule has 0 amide bonds. The highest BCUT2D eigenvalue weighted by atomic mass is 35.5. The number of nitrogens with one attached hydrogen (secondary N) is 1. The fraction of sp³-hybridized carbons (Fsp3) is 0.381. The number of benzene rings is 2. The van der Waals surface area contributed by atoms with Crippen LogP contribution in [-0.4, -0.2) is 18.8 Å². The van der Waals surface area contributed by atoms with Crippen LogP contribution < -0.4 is 10.3 Å². The third kappa shape index (κ3) is 4.76. The van der Waals surface area contributed by atoms with Crippen LogP contribution in [0.15, 0.2) is 47.6 Å². The molecule has 1 heterocycles. The van der Waals surface area contributed by atoms with Gasteiger partial charge in [0.05, 0.1) is 11.4 Å². The van der Waals surface area contributed by atoms with Crippen LogP contribution in [0.4, 0.5) is 11.4 Å². The minimum Gasteiger partial charge on any atom is -0.372 e. The summed E-state index contributed by atoms with van der Waals surface area (Å²) in [6.45, 7) is 6.35. The van der Waals surface area contributed by atoms with Gasteiger partial charge in [0.25, 0.3) is 0 Å². The molecule has 1 N–H and O–H groups in total. The van der Waals surface area contributed by atoms with Gasteiger partial charge in [0.2, 0.25) is 0 Å². The summed E-state index contributed by atoms with van der Waals surface area (Å²) < 4.78 is 0. The lowest BCUT2D eigenvalue weighted by Gasteiger charge is -2.22. The van der Waals surface area contributed by atoms with Crippen LogP contribution in [0.5, 0.6) is 0 Å². The second kappa shape index (κ2) is 8.39. The second-order valence-electron chi connectivity index (χ2n) is 6.72. The standard InChI is InChI=1S/C21H26ClN3/c1-16-7-10-19(15-21(16)22)24-23-17(2)18-8-11-20(12-9-18)25-13-5-3-4-6-14-25/h7-12,15,24H,3-6,13-14H2,1-2H3/b23-17-. The fourth-order valence-electron chi connectivity index (χ4n) is 3.12. The van der Waals surface area contributed by atoms with Crippen molar-refractivity contribution in [2.24, 2.45) is 5.10 Å². The molecule has 0 bridgehead atoms. The Morgan fingerprint density at radius 1 is 1.00 bits per heavy atom. The smallest absolute Gasteiger partial charge is 0.0648 e. The van der Waals surface area contributed by atoms with Gasteiger partial charge in [-0.15, -0.1) is 0 Å². The molecule has 3 nitrogen and oxygen atoms in total. The molecular formula is C21H26ClN3. The third-order valence-electron chi connectivity index (χ3n) is 4.78. The summed E-state index contributed by atoms with van der Waals surface area (Å²) in [4.78, 5) is 2.50. The highest BCUT2D eigenvalue weighted by Gasteiger charge is 2.10. The van der Waals surface area contributed by atoms with Gasteiger partial charge in [-0.3, -0.25) is 5.43 Å². The first-order valence-electron chi connectivity index (χ1n) is 9.05. The second-order valence-corrected chi connectivity index (χ2v) is 7.13. The molecule has 0 aliphatic carbocycles. The zero-order valence-corrected chi connectivity index (χ0v) is 15.8. The van der Waals surface area contributed by atoms with E-state index in [0.717, 1.165) is 27.5 Å². The van der Waals surface area contributed by atoms with Crippen LogP contribution in [0, 0.1) is 6.92 Å². The molecule has 3 rings (SSSR count). The average molecular weight is 356 g/mol. The lowest BCUT2D eigenvalue weighted by molar-refractivity contribution is 0.726. The van der Waals surface area contributed by atoms with Crippen molar-refractivity contribution in [3.63, 3.8) is 0 Å². The van der Waals surface area contributed by atoms with E-state index < -0.39 is 0 Å². The van der Waals surface area contributed by atoms with Gasteiger partial charge in [-0.05, 0) is 62.1 Å². The van der Waals surface area contributed by atoms with E-state index in [2.05, 4.69) is 39.7 Å². The van der Waals surface area contributed by atoms with Crippen LogP contribution >= 0.6 is 11.6 Å². The lowest BCUT2D eigenvalue weighted by Crippen LogP contribution is -2.23. The van der Waals surface area contributed by atoms with Gasteiger partial charge in [0.1, 0.15) is 0 Å². The molecule has 0 radical (unpaired) electrons. The Balaban J connectivity index is 1.67. The molecular weight excluding hydrogens is 330 g/mol. The van der Waals surface area contributed by atoms with E-state index in [-0.39, 0.29) is 0 Å². The molecule has 25 heavy (non-hydrogen) atoms. The summed E-state index contributed by atoms with van der Waals surface area (Å²) in [5.41, 5.74) is 8.46. The SMILES string of the molecule is C/C(=N/Nc1ccc(C)c(Cl)c1)c1ccc(N2CCCCCC2)cc1. The Labute approximate surface area is 155 Å². The van der Waals surface area contributed by atoms with Crippen molar-refractivity contribution in [2.75, 3.05) is 23.4 Å². The van der Waals surface area contributed by atoms with Crippen LogP contribution in [0.2, 0.25) is 5.02 Å². The normalized spacial score (nSPS) is 15.8. The van der Waals surface area contributed by atoms with Crippen LogP contribution in [0.25, 0.3) is 0 Å². The number of hydrogen-bond acceptors (Lipinski definition) is 3.